The zero-order valence-corrected chi connectivity index (χ0v) is 15.9. The molecular weight excluding hydrogens is 324 g/mol. The van der Waals surface area contributed by atoms with E-state index >= 15 is 0 Å². The zero-order chi connectivity index (χ0) is 17.7. The van der Waals surface area contributed by atoms with Gasteiger partial charge in [0.15, 0.2) is 6.10 Å². The van der Waals surface area contributed by atoms with Crippen molar-refractivity contribution in [1.29, 1.82) is 0 Å². The van der Waals surface area contributed by atoms with Crippen LogP contribution in [0.2, 0.25) is 5.02 Å². The van der Waals surface area contributed by atoms with Crippen molar-refractivity contribution in [3.05, 3.63) is 28.3 Å². The molecule has 24 heavy (non-hydrogen) atoms. The van der Waals surface area contributed by atoms with Gasteiger partial charge in [0.25, 0.3) is 5.91 Å². The van der Waals surface area contributed by atoms with Gasteiger partial charge in [-0.1, -0.05) is 11.6 Å². The molecule has 1 saturated heterocycles. The molecule has 0 radical (unpaired) electrons. The maximum atomic E-state index is 12.2. The highest BCUT2D eigenvalue weighted by molar-refractivity contribution is 6.32. The third kappa shape index (κ3) is 5.38. The highest BCUT2D eigenvalue weighted by Crippen LogP contribution is 2.26. The van der Waals surface area contributed by atoms with E-state index in [2.05, 4.69) is 17.3 Å². The van der Waals surface area contributed by atoms with Crippen LogP contribution in [0.4, 0.5) is 0 Å². The Labute approximate surface area is 150 Å². The van der Waals surface area contributed by atoms with Gasteiger partial charge in [0.2, 0.25) is 0 Å². The third-order valence-corrected chi connectivity index (χ3v) is 5.38. The summed E-state index contributed by atoms with van der Waals surface area (Å²) in [6.45, 7) is 8.70. The van der Waals surface area contributed by atoms with Crippen molar-refractivity contribution in [2.24, 2.45) is 5.92 Å². The van der Waals surface area contributed by atoms with Crippen LogP contribution in [0, 0.1) is 19.8 Å². The second kappa shape index (κ2) is 8.72. The van der Waals surface area contributed by atoms with Crippen molar-refractivity contribution in [2.75, 3.05) is 26.7 Å². The molecule has 1 N–H and O–H groups in total. The first-order valence-corrected chi connectivity index (χ1v) is 9.14. The summed E-state index contributed by atoms with van der Waals surface area (Å²) in [7, 11) is 2.16. The van der Waals surface area contributed by atoms with Crippen LogP contribution in [-0.4, -0.2) is 43.6 Å². The normalized spacial score (nSPS) is 17.5. The van der Waals surface area contributed by atoms with Gasteiger partial charge in [0.1, 0.15) is 5.75 Å². The van der Waals surface area contributed by atoms with E-state index in [1.165, 1.54) is 12.8 Å². The van der Waals surface area contributed by atoms with Gasteiger partial charge in [-0.05, 0) is 89.3 Å². The minimum absolute atomic E-state index is 0.0619. The predicted octanol–water partition coefficient (Wildman–Crippen LogP) is 3.57. The lowest BCUT2D eigenvalue weighted by Crippen LogP contribution is -2.38. The Morgan fingerprint density at radius 1 is 1.33 bits per heavy atom. The first kappa shape index (κ1) is 19.1. The molecule has 5 heteroatoms. The summed E-state index contributed by atoms with van der Waals surface area (Å²) >= 11 is 6.16. The number of rotatable bonds is 6. The number of amides is 1. The molecule has 0 aromatic heterocycles. The van der Waals surface area contributed by atoms with E-state index in [9.17, 15) is 4.79 Å². The van der Waals surface area contributed by atoms with E-state index in [4.69, 9.17) is 16.3 Å². The molecule has 0 aliphatic carbocycles. The van der Waals surface area contributed by atoms with Crippen LogP contribution in [0.25, 0.3) is 0 Å². The molecule has 1 aromatic rings. The van der Waals surface area contributed by atoms with Crippen LogP contribution in [0.15, 0.2) is 12.1 Å². The number of carbonyl (C=O) groups is 1. The number of nitrogens with zero attached hydrogens (tertiary/aromatic N) is 1. The van der Waals surface area contributed by atoms with Crippen molar-refractivity contribution in [3.8, 4) is 5.75 Å². The summed E-state index contributed by atoms with van der Waals surface area (Å²) in [6.07, 6.45) is 2.98. The van der Waals surface area contributed by atoms with Gasteiger partial charge in [-0.2, -0.15) is 0 Å². The van der Waals surface area contributed by atoms with Crippen molar-refractivity contribution >= 4 is 17.5 Å². The van der Waals surface area contributed by atoms with E-state index in [1.54, 1.807) is 6.92 Å². The minimum atomic E-state index is -0.512. The summed E-state index contributed by atoms with van der Waals surface area (Å²) in [5, 5.41) is 3.75. The molecular formula is C19H29ClN2O2. The van der Waals surface area contributed by atoms with Gasteiger partial charge < -0.3 is 15.0 Å². The number of benzene rings is 1. The summed E-state index contributed by atoms with van der Waals surface area (Å²) in [5.41, 5.74) is 1.92. The Balaban J connectivity index is 1.76. The van der Waals surface area contributed by atoms with E-state index in [0.717, 1.165) is 48.1 Å². The third-order valence-electron chi connectivity index (χ3n) is 4.78. The minimum Gasteiger partial charge on any atom is -0.481 e. The van der Waals surface area contributed by atoms with Crippen LogP contribution in [0.1, 0.15) is 37.3 Å². The quantitative estimate of drug-likeness (QED) is 0.850. The number of ether oxygens (including phenoxy) is 1. The first-order valence-electron chi connectivity index (χ1n) is 8.76. The molecule has 0 spiro atoms. The molecule has 1 aliphatic heterocycles. The van der Waals surface area contributed by atoms with E-state index in [1.807, 2.05) is 26.0 Å². The summed E-state index contributed by atoms with van der Waals surface area (Å²) in [5.74, 6) is 1.35. The van der Waals surface area contributed by atoms with E-state index < -0.39 is 6.10 Å². The second-order valence-electron chi connectivity index (χ2n) is 6.96. The molecule has 1 heterocycles. The number of nitrogens with one attached hydrogen (secondary N) is 1. The van der Waals surface area contributed by atoms with Gasteiger partial charge in [-0.25, -0.2) is 0 Å². The number of hydrogen-bond acceptors (Lipinski definition) is 3. The largest absolute Gasteiger partial charge is 0.481 e. The topological polar surface area (TPSA) is 41.6 Å². The molecule has 1 fully saturated rings. The molecule has 2 rings (SSSR count). The standard InChI is InChI=1S/C19H29ClN2O2/c1-13-11-17(12-14(2)18(13)20)24-15(3)19(23)21-8-5-16-6-9-22(4)10-7-16/h11-12,15-16H,5-10H2,1-4H3,(H,21,23)/t15-/m0/s1. The molecule has 134 valence electrons. The molecule has 4 nitrogen and oxygen atoms in total. The molecule has 1 amide bonds. The average molecular weight is 353 g/mol. The molecule has 0 bridgehead atoms. The predicted molar refractivity (Wildman–Crippen MR) is 98.9 cm³/mol. The molecule has 0 unspecified atom stereocenters. The summed E-state index contributed by atoms with van der Waals surface area (Å²) < 4.78 is 5.77. The first-order chi connectivity index (χ1) is 11.4. The Morgan fingerprint density at radius 3 is 2.50 bits per heavy atom. The van der Waals surface area contributed by atoms with Crippen molar-refractivity contribution in [3.63, 3.8) is 0 Å². The lowest BCUT2D eigenvalue weighted by atomic mass is 9.94. The lowest BCUT2D eigenvalue weighted by molar-refractivity contribution is -0.127. The summed E-state index contributed by atoms with van der Waals surface area (Å²) in [4.78, 5) is 14.6. The Morgan fingerprint density at radius 2 is 1.92 bits per heavy atom. The monoisotopic (exact) mass is 352 g/mol. The van der Waals surface area contributed by atoms with E-state index in [0.29, 0.717) is 5.75 Å². The maximum absolute atomic E-state index is 12.2. The van der Waals surface area contributed by atoms with Crippen LogP contribution >= 0.6 is 11.6 Å². The number of carbonyl (C=O) groups excluding carboxylic acids is 1. The summed E-state index contributed by atoms with van der Waals surface area (Å²) in [6, 6.07) is 3.75. The van der Waals surface area contributed by atoms with Crippen molar-refractivity contribution in [2.45, 2.75) is 46.1 Å². The van der Waals surface area contributed by atoms with Crippen LogP contribution in [0.3, 0.4) is 0 Å². The number of aryl methyl sites for hydroxylation is 2. The van der Waals surface area contributed by atoms with Gasteiger partial charge >= 0.3 is 0 Å². The fraction of sp³-hybridized carbons (Fsp3) is 0.632. The Bertz CT molecular complexity index is 545. The van der Waals surface area contributed by atoms with Crippen LogP contribution in [0.5, 0.6) is 5.75 Å². The number of piperidine rings is 1. The maximum Gasteiger partial charge on any atom is 0.260 e. The number of hydrogen-bond donors (Lipinski definition) is 1. The van der Waals surface area contributed by atoms with Crippen molar-refractivity contribution in [1.82, 2.24) is 10.2 Å². The molecule has 1 aliphatic rings. The smallest absolute Gasteiger partial charge is 0.260 e. The van der Waals surface area contributed by atoms with Gasteiger partial charge in [-0.15, -0.1) is 0 Å². The van der Waals surface area contributed by atoms with Crippen molar-refractivity contribution < 1.29 is 9.53 Å². The van der Waals surface area contributed by atoms with Crippen LogP contribution in [-0.2, 0) is 4.79 Å². The highest BCUT2D eigenvalue weighted by Gasteiger charge is 2.18. The fourth-order valence-corrected chi connectivity index (χ4v) is 3.23. The average Bonchev–Trinajstić information content (AvgIpc) is 2.54. The highest BCUT2D eigenvalue weighted by atomic mass is 35.5. The molecule has 1 atom stereocenters. The van der Waals surface area contributed by atoms with Gasteiger partial charge in [-0.3, -0.25) is 4.79 Å². The Hall–Kier alpha value is -1.26. The van der Waals surface area contributed by atoms with Gasteiger partial charge in [0.05, 0.1) is 0 Å². The number of likely N-dealkylation sites (tertiary alicyclic amines) is 1. The van der Waals surface area contributed by atoms with Gasteiger partial charge in [0, 0.05) is 11.6 Å². The zero-order valence-electron chi connectivity index (χ0n) is 15.2. The number of halogens is 1. The fourth-order valence-electron chi connectivity index (χ4n) is 3.13. The molecule has 1 aromatic carbocycles. The second-order valence-corrected chi connectivity index (χ2v) is 7.34. The molecule has 0 saturated carbocycles. The lowest BCUT2D eigenvalue weighted by Gasteiger charge is -2.29. The van der Waals surface area contributed by atoms with Crippen LogP contribution < -0.4 is 10.1 Å². The van der Waals surface area contributed by atoms with E-state index in [-0.39, 0.29) is 5.91 Å². The Kier molecular flexibility index (Phi) is 6.93. The SMILES string of the molecule is Cc1cc(O[C@@H](C)C(=O)NCCC2CCN(C)CC2)cc(C)c1Cl.